The third-order valence-electron chi connectivity index (χ3n) is 4.09. The molecule has 1 aromatic heterocycles. The van der Waals surface area contributed by atoms with E-state index in [-0.39, 0.29) is 25.6 Å². The zero-order valence-corrected chi connectivity index (χ0v) is 15.4. The molecule has 0 aliphatic carbocycles. The van der Waals surface area contributed by atoms with E-state index in [0.717, 1.165) is 5.56 Å². The largest absolute Gasteiger partial charge is 0.480 e. The van der Waals surface area contributed by atoms with E-state index in [4.69, 9.17) is 4.74 Å². The van der Waals surface area contributed by atoms with E-state index in [9.17, 15) is 14.7 Å². The first-order valence-corrected chi connectivity index (χ1v) is 8.91. The standard InChI is InChI=1S/C18H18BrN3O4/c19-15-7-4-8-16(21-15)20-13-9-14(17(23)24)22(10-13)18(25)26-11-12-5-2-1-3-6-12/h1-8,13-14H,9-11H2,(H,20,21)(H,23,24)/t13-,14-/m0/s1. The number of pyridine rings is 1. The highest BCUT2D eigenvalue weighted by Gasteiger charge is 2.40. The van der Waals surface area contributed by atoms with Gasteiger partial charge in [-0.15, -0.1) is 0 Å². The Morgan fingerprint density at radius 2 is 2.00 bits per heavy atom. The number of amides is 1. The summed E-state index contributed by atoms with van der Waals surface area (Å²) in [7, 11) is 0. The van der Waals surface area contributed by atoms with Crippen LogP contribution in [0.1, 0.15) is 12.0 Å². The number of carbonyl (C=O) groups excluding carboxylic acids is 1. The molecule has 2 atom stereocenters. The van der Waals surface area contributed by atoms with Crippen molar-refractivity contribution in [2.24, 2.45) is 0 Å². The Kier molecular flexibility index (Phi) is 5.72. The van der Waals surface area contributed by atoms with E-state index >= 15 is 0 Å². The third-order valence-corrected chi connectivity index (χ3v) is 4.53. The van der Waals surface area contributed by atoms with Crippen molar-refractivity contribution in [2.75, 3.05) is 11.9 Å². The number of nitrogens with zero attached hydrogens (tertiary/aromatic N) is 2. The molecule has 2 aromatic rings. The number of carbonyl (C=O) groups is 2. The Hall–Kier alpha value is -2.61. The first kappa shape index (κ1) is 18.2. The summed E-state index contributed by atoms with van der Waals surface area (Å²) in [4.78, 5) is 29.4. The predicted molar refractivity (Wildman–Crippen MR) is 98.7 cm³/mol. The molecule has 0 bridgehead atoms. The lowest BCUT2D eigenvalue weighted by Gasteiger charge is -2.20. The van der Waals surface area contributed by atoms with Crippen molar-refractivity contribution < 1.29 is 19.4 Å². The van der Waals surface area contributed by atoms with Crippen molar-refractivity contribution in [3.8, 4) is 0 Å². The van der Waals surface area contributed by atoms with Crippen LogP contribution in [-0.2, 0) is 16.1 Å². The van der Waals surface area contributed by atoms with Crippen LogP contribution in [0.2, 0.25) is 0 Å². The number of benzene rings is 1. The monoisotopic (exact) mass is 419 g/mol. The zero-order valence-electron chi connectivity index (χ0n) is 13.8. The summed E-state index contributed by atoms with van der Waals surface area (Å²) in [5.41, 5.74) is 0.847. The topological polar surface area (TPSA) is 91.8 Å². The molecule has 1 fully saturated rings. The molecule has 2 heterocycles. The van der Waals surface area contributed by atoms with Gasteiger partial charge in [-0.05, 0) is 33.6 Å². The highest BCUT2D eigenvalue weighted by atomic mass is 79.9. The number of halogens is 1. The molecule has 1 aliphatic rings. The molecule has 1 aromatic carbocycles. The molecule has 0 unspecified atom stereocenters. The number of carboxylic acid groups (broad SMARTS) is 1. The number of hydrogen-bond acceptors (Lipinski definition) is 5. The lowest BCUT2D eigenvalue weighted by molar-refractivity contribution is -0.141. The summed E-state index contributed by atoms with van der Waals surface area (Å²) in [6.07, 6.45) is -0.350. The molecule has 8 heteroatoms. The molecule has 3 rings (SSSR count). The molecule has 0 spiro atoms. The first-order chi connectivity index (χ1) is 12.5. The second-order valence-corrected chi connectivity index (χ2v) is 6.78. The van der Waals surface area contributed by atoms with Gasteiger partial charge in [-0.3, -0.25) is 4.90 Å². The van der Waals surface area contributed by atoms with Crippen molar-refractivity contribution in [1.82, 2.24) is 9.88 Å². The summed E-state index contributed by atoms with van der Waals surface area (Å²) in [5.74, 6) is -0.429. The van der Waals surface area contributed by atoms with E-state index in [1.54, 1.807) is 12.1 Å². The van der Waals surface area contributed by atoms with Crippen LogP contribution in [0.3, 0.4) is 0 Å². The summed E-state index contributed by atoms with van der Waals surface area (Å²) in [5, 5.41) is 12.6. The van der Waals surface area contributed by atoms with Gasteiger partial charge in [0.2, 0.25) is 0 Å². The fraction of sp³-hybridized carbons (Fsp3) is 0.278. The summed E-state index contributed by atoms with van der Waals surface area (Å²) in [6.45, 7) is 0.340. The van der Waals surface area contributed by atoms with Crippen LogP contribution in [0.15, 0.2) is 53.1 Å². The highest BCUT2D eigenvalue weighted by molar-refractivity contribution is 9.10. The van der Waals surface area contributed by atoms with Gasteiger partial charge in [0.05, 0.1) is 0 Å². The van der Waals surface area contributed by atoms with Gasteiger partial charge in [-0.1, -0.05) is 36.4 Å². The number of rotatable bonds is 5. The second kappa shape index (κ2) is 8.18. The van der Waals surface area contributed by atoms with E-state index in [0.29, 0.717) is 10.4 Å². The average molecular weight is 420 g/mol. The van der Waals surface area contributed by atoms with Gasteiger partial charge in [-0.25, -0.2) is 14.6 Å². The summed E-state index contributed by atoms with van der Waals surface area (Å²) < 4.78 is 5.96. The Balaban J connectivity index is 1.63. The fourth-order valence-electron chi connectivity index (χ4n) is 2.88. The first-order valence-electron chi connectivity index (χ1n) is 8.12. The number of carboxylic acids is 1. The smallest absolute Gasteiger partial charge is 0.410 e. The Morgan fingerprint density at radius 3 is 2.69 bits per heavy atom. The molecule has 0 saturated carbocycles. The molecular weight excluding hydrogens is 402 g/mol. The number of aromatic nitrogens is 1. The minimum absolute atomic E-state index is 0.105. The van der Waals surface area contributed by atoms with Crippen molar-refractivity contribution in [2.45, 2.75) is 25.1 Å². The van der Waals surface area contributed by atoms with Gasteiger partial charge in [0, 0.05) is 19.0 Å². The SMILES string of the molecule is O=C(O)[C@@H]1C[C@H](Nc2cccc(Br)n2)CN1C(=O)OCc1ccccc1. The fourth-order valence-corrected chi connectivity index (χ4v) is 3.22. The second-order valence-electron chi connectivity index (χ2n) is 5.97. The number of ether oxygens (including phenoxy) is 1. The molecular formula is C18H18BrN3O4. The minimum atomic E-state index is -1.05. The van der Waals surface area contributed by atoms with E-state index in [1.165, 1.54) is 4.90 Å². The number of likely N-dealkylation sites (tertiary alicyclic amines) is 1. The van der Waals surface area contributed by atoms with Gasteiger partial charge < -0.3 is 15.2 Å². The van der Waals surface area contributed by atoms with E-state index in [1.807, 2.05) is 36.4 Å². The Morgan fingerprint density at radius 1 is 1.23 bits per heavy atom. The zero-order chi connectivity index (χ0) is 18.5. The normalized spacial score (nSPS) is 19.2. The molecule has 1 saturated heterocycles. The molecule has 1 amide bonds. The van der Waals surface area contributed by atoms with E-state index in [2.05, 4.69) is 26.2 Å². The molecule has 0 radical (unpaired) electrons. The van der Waals surface area contributed by atoms with Crippen molar-refractivity contribution in [3.05, 3.63) is 58.7 Å². The lowest BCUT2D eigenvalue weighted by Crippen LogP contribution is -2.41. The van der Waals surface area contributed by atoms with Crippen molar-refractivity contribution in [1.29, 1.82) is 0 Å². The number of anilines is 1. The van der Waals surface area contributed by atoms with Gasteiger partial charge >= 0.3 is 12.1 Å². The number of aliphatic carboxylic acids is 1. The van der Waals surface area contributed by atoms with Gasteiger partial charge in [0.15, 0.2) is 0 Å². The van der Waals surface area contributed by atoms with Crippen LogP contribution >= 0.6 is 15.9 Å². The molecule has 2 N–H and O–H groups in total. The predicted octanol–water partition coefficient (Wildman–Crippen LogP) is 3.12. The van der Waals surface area contributed by atoms with Crippen LogP contribution in [-0.4, -0.2) is 45.7 Å². The number of hydrogen-bond donors (Lipinski definition) is 2. The highest BCUT2D eigenvalue weighted by Crippen LogP contribution is 2.23. The average Bonchev–Trinajstić information content (AvgIpc) is 3.05. The Bertz CT molecular complexity index is 787. The van der Waals surface area contributed by atoms with Crippen molar-refractivity contribution >= 4 is 33.8 Å². The van der Waals surface area contributed by atoms with Crippen LogP contribution in [0.25, 0.3) is 0 Å². The maximum atomic E-state index is 12.4. The van der Waals surface area contributed by atoms with E-state index < -0.39 is 18.1 Å². The van der Waals surface area contributed by atoms with Crippen molar-refractivity contribution in [3.63, 3.8) is 0 Å². The van der Waals surface area contributed by atoms with Crippen LogP contribution in [0.4, 0.5) is 10.6 Å². The third kappa shape index (κ3) is 4.51. The number of nitrogens with one attached hydrogen (secondary N) is 1. The van der Waals surface area contributed by atoms with Crippen LogP contribution in [0.5, 0.6) is 0 Å². The van der Waals surface area contributed by atoms with Crippen LogP contribution < -0.4 is 5.32 Å². The lowest BCUT2D eigenvalue weighted by atomic mass is 10.2. The minimum Gasteiger partial charge on any atom is -0.480 e. The molecule has 1 aliphatic heterocycles. The summed E-state index contributed by atoms with van der Waals surface area (Å²) >= 11 is 3.29. The van der Waals surface area contributed by atoms with Gasteiger partial charge in [-0.2, -0.15) is 0 Å². The molecule has 136 valence electrons. The molecule has 7 nitrogen and oxygen atoms in total. The quantitative estimate of drug-likeness (QED) is 0.723. The maximum absolute atomic E-state index is 12.4. The maximum Gasteiger partial charge on any atom is 0.410 e. The Labute approximate surface area is 159 Å². The summed E-state index contributed by atoms with van der Waals surface area (Å²) in [6, 6.07) is 13.5. The van der Waals surface area contributed by atoms with Gasteiger partial charge in [0.1, 0.15) is 23.1 Å². The van der Waals surface area contributed by atoms with Gasteiger partial charge in [0.25, 0.3) is 0 Å². The molecule has 26 heavy (non-hydrogen) atoms. The van der Waals surface area contributed by atoms with Crippen LogP contribution in [0, 0.1) is 0 Å².